The summed E-state index contributed by atoms with van der Waals surface area (Å²) in [6, 6.07) is 7.29. The molecule has 0 bridgehead atoms. The highest BCUT2D eigenvalue weighted by Crippen LogP contribution is 2.13. The minimum absolute atomic E-state index is 0.0782. The molecule has 1 saturated heterocycles. The maximum Gasteiger partial charge on any atom is 0.410 e. The zero-order chi connectivity index (χ0) is 18.7. The normalized spacial score (nSPS) is 15.7. The number of ether oxygens (including phenoxy) is 1. The van der Waals surface area contributed by atoms with Gasteiger partial charge in [-0.2, -0.15) is 0 Å². The van der Waals surface area contributed by atoms with Crippen LogP contribution >= 0.6 is 0 Å². The number of nitrogens with zero attached hydrogens (tertiary/aromatic N) is 5. The number of amides is 2. The third-order valence-corrected chi connectivity index (χ3v) is 3.99. The molecular weight excluding hydrogens is 334 g/mol. The molecule has 8 nitrogen and oxygen atoms in total. The van der Waals surface area contributed by atoms with Crippen molar-refractivity contribution in [2.24, 2.45) is 0 Å². The lowest BCUT2D eigenvalue weighted by molar-refractivity contribution is 0.0255. The first-order valence-corrected chi connectivity index (χ1v) is 8.70. The van der Waals surface area contributed by atoms with E-state index in [9.17, 15) is 9.59 Å². The highest BCUT2D eigenvalue weighted by atomic mass is 16.6. The molecule has 1 aromatic carbocycles. The van der Waals surface area contributed by atoms with Gasteiger partial charge in [0.25, 0.3) is 5.91 Å². The summed E-state index contributed by atoms with van der Waals surface area (Å²) in [5, 5.41) is 8.02. The Labute approximate surface area is 152 Å². The number of aromatic nitrogens is 3. The van der Waals surface area contributed by atoms with E-state index in [4.69, 9.17) is 4.74 Å². The summed E-state index contributed by atoms with van der Waals surface area (Å²) in [7, 11) is 0. The summed E-state index contributed by atoms with van der Waals surface area (Å²) in [5.74, 6) is -0.191. The van der Waals surface area contributed by atoms with Crippen molar-refractivity contribution >= 4 is 23.0 Å². The molecule has 1 fully saturated rings. The predicted octanol–water partition coefficient (Wildman–Crippen LogP) is 2.11. The van der Waals surface area contributed by atoms with Gasteiger partial charge in [-0.15, -0.1) is 10.2 Å². The third kappa shape index (κ3) is 4.25. The number of benzene rings is 1. The second kappa shape index (κ2) is 7.23. The van der Waals surface area contributed by atoms with Crippen LogP contribution in [0.3, 0.4) is 0 Å². The van der Waals surface area contributed by atoms with Gasteiger partial charge in [0.1, 0.15) is 11.1 Å². The molecule has 0 atom stereocenters. The lowest BCUT2D eigenvalue weighted by Gasteiger charge is -2.26. The van der Waals surface area contributed by atoms with Crippen molar-refractivity contribution in [1.82, 2.24) is 25.0 Å². The molecule has 26 heavy (non-hydrogen) atoms. The number of hydrogen-bond donors (Lipinski definition) is 0. The van der Waals surface area contributed by atoms with Crippen molar-refractivity contribution in [1.29, 1.82) is 0 Å². The van der Waals surface area contributed by atoms with Crippen LogP contribution in [-0.4, -0.2) is 68.8 Å². The van der Waals surface area contributed by atoms with Crippen LogP contribution in [0.25, 0.3) is 11.0 Å². The third-order valence-electron chi connectivity index (χ3n) is 3.99. The lowest BCUT2D eigenvalue weighted by atomic mass is 10.2. The average Bonchev–Trinajstić information content (AvgIpc) is 2.85. The quantitative estimate of drug-likeness (QED) is 0.777. The molecule has 0 aliphatic carbocycles. The average molecular weight is 357 g/mol. The monoisotopic (exact) mass is 357 g/mol. The SMILES string of the molecule is CC(C)(C)OC(=O)N1CCCN(C(=O)c2nnc3ccccc3n2)CC1. The van der Waals surface area contributed by atoms with Crippen molar-refractivity contribution < 1.29 is 14.3 Å². The molecule has 0 saturated carbocycles. The topological polar surface area (TPSA) is 88.5 Å². The van der Waals surface area contributed by atoms with Crippen LogP contribution in [0.5, 0.6) is 0 Å². The molecule has 138 valence electrons. The van der Waals surface area contributed by atoms with E-state index in [0.29, 0.717) is 43.6 Å². The van der Waals surface area contributed by atoms with Crippen LogP contribution in [0, 0.1) is 0 Å². The Morgan fingerprint density at radius 1 is 0.962 bits per heavy atom. The minimum atomic E-state index is -0.538. The fourth-order valence-electron chi connectivity index (χ4n) is 2.74. The molecule has 0 N–H and O–H groups in total. The first kappa shape index (κ1) is 18.0. The van der Waals surface area contributed by atoms with Gasteiger partial charge in [0, 0.05) is 26.2 Å². The van der Waals surface area contributed by atoms with Crippen LogP contribution in [0.1, 0.15) is 37.8 Å². The van der Waals surface area contributed by atoms with Crippen LogP contribution in [0.2, 0.25) is 0 Å². The number of fused-ring (bicyclic) bond motifs is 1. The molecule has 3 rings (SSSR count). The molecule has 0 radical (unpaired) electrons. The fourth-order valence-corrected chi connectivity index (χ4v) is 2.74. The first-order valence-electron chi connectivity index (χ1n) is 8.70. The molecule has 8 heteroatoms. The Bertz CT molecular complexity index is 818. The van der Waals surface area contributed by atoms with E-state index in [0.717, 1.165) is 0 Å². The first-order chi connectivity index (χ1) is 12.3. The molecule has 0 spiro atoms. The highest BCUT2D eigenvalue weighted by Gasteiger charge is 2.27. The van der Waals surface area contributed by atoms with Crippen LogP contribution < -0.4 is 0 Å². The molecule has 0 unspecified atom stereocenters. The van der Waals surface area contributed by atoms with Gasteiger partial charge in [-0.25, -0.2) is 9.78 Å². The van der Waals surface area contributed by atoms with E-state index in [-0.39, 0.29) is 17.8 Å². The Kier molecular flexibility index (Phi) is 5.01. The number of para-hydroxylation sites is 1. The van der Waals surface area contributed by atoms with Crippen LogP contribution in [-0.2, 0) is 4.74 Å². The molecule has 2 aromatic rings. The Balaban J connectivity index is 1.68. The lowest BCUT2D eigenvalue weighted by Crippen LogP contribution is -2.40. The van der Waals surface area contributed by atoms with E-state index in [2.05, 4.69) is 15.2 Å². The molecule has 2 heterocycles. The zero-order valence-electron chi connectivity index (χ0n) is 15.3. The maximum atomic E-state index is 12.7. The fraction of sp³-hybridized carbons (Fsp3) is 0.500. The molecule has 1 aliphatic heterocycles. The van der Waals surface area contributed by atoms with Crippen molar-refractivity contribution in [3.05, 3.63) is 30.1 Å². The van der Waals surface area contributed by atoms with Gasteiger partial charge in [0.2, 0.25) is 5.82 Å². The second-order valence-electron chi connectivity index (χ2n) is 7.24. The van der Waals surface area contributed by atoms with Gasteiger partial charge in [0.15, 0.2) is 0 Å². The number of carbonyl (C=O) groups is 2. The molecule has 1 aromatic heterocycles. The Morgan fingerprint density at radius 2 is 1.62 bits per heavy atom. The highest BCUT2D eigenvalue weighted by molar-refractivity contribution is 5.92. The largest absolute Gasteiger partial charge is 0.444 e. The molecular formula is C18H23N5O3. The summed E-state index contributed by atoms with van der Waals surface area (Å²) in [4.78, 5) is 32.6. The van der Waals surface area contributed by atoms with E-state index in [1.54, 1.807) is 21.9 Å². The smallest absolute Gasteiger partial charge is 0.410 e. The van der Waals surface area contributed by atoms with Gasteiger partial charge < -0.3 is 14.5 Å². The van der Waals surface area contributed by atoms with Gasteiger partial charge in [0.05, 0.1) is 5.52 Å². The van der Waals surface area contributed by atoms with Gasteiger partial charge in [-0.3, -0.25) is 4.79 Å². The summed E-state index contributed by atoms with van der Waals surface area (Å²) in [5.41, 5.74) is 0.746. The number of hydrogen-bond acceptors (Lipinski definition) is 6. The Morgan fingerprint density at radius 3 is 2.35 bits per heavy atom. The Hall–Kier alpha value is -2.77. The zero-order valence-corrected chi connectivity index (χ0v) is 15.3. The number of rotatable bonds is 1. The van der Waals surface area contributed by atoms with E-state index < -0.39 is 5.60 Å². The van der Waals surface area contributed by atoms with Gasteiger partial charge >= 0.3 is 6.09 Å². The van der Waals surface area contributed by atoms with Crippen molar-refractivity contribution in [2.45, 2.75) is 32.8 Å². The van der Waals surface area contributed by atoms with E-state index in [1.165, 1.54) is 0 Å². The maximum absolute atomic E-state index is 12.7. The van der Waals surface area contributed by atoms with Crippen LogP contribution in [0.4, 0.5) is 4.79 Å². The van der Waals surface area contributed by atoms with E-state index in [1.807, 2.05) is 32.9 Å². The van der Waals surface area contributed by atoms with Crippen LogP contribution in [0.15, 0.2) is 24.3 Å². The van der Waals surface area contributed by atoms with Gasteiger partial charge in [-0.1, -0.05) is 12.1 Å². The summed E-state index contributed by atoms with van der Waals surface area (Å²) in [6.45, 7) is 7.42. The summed E-state index contributed by atoms with van der Waals surface area (Å²) >= 11 is 0. The second-order valence-corrected chi connectivity index (χ2v) is 7.24. The minimum Gasteiger partial charge on any atom is -0.444 e. The van der Waals surface area contributed by atoms with Gasteiger partial charge in [-0.05, 0) is 39.3 Å². The molecule has 1 aliphatic rings. The summed E-state index contributed by atoms with van der Waals surface area (Å²) in [6.07, 6.45) is 0.321. The summed E-state index contributed by atoms with van der Waals surface area (Å²) < 4.78 is 5.41. The van der Waals surface area contributed by atoms with E-state index >= 15 is 0 Å². The standard InChI is InChI=1S/C18H23N5O3/c1-18(2,3)26-17(25)23-10-6-9-22(11-12-23)16(24)15-19-13-7-4-5-8-14(13)20-21-15/h4-5,7-8H,6,9-12H2,1-3H3. The predicted molar refractivity (Wildman–Crippen MR) is 95.7 cm³/mol. The van der Waals surface area contributed by atoms with Crippen molar-refractivity contribution in [2.75, 3.05) is 26.2 Å². The van der Waals surface area contributed by atoms with Crippen molar-refractivity contribution in [3.63, 3.8) is 0 Å². The molecule has 2 amide bonds. The van der Waals surface area contributed by atoms with Crippen molar-refractivity contribution in [3.8, 4) is 0 Å². The number of carbonyl (C=O) groups excluding carboxylic acids is 2.